The summed E-state index contributed by atoms with van der Waals surface area (Å²) in [5, 5.41) is 12.9. The van der Waals surface area contributed by atoms with E-state index in [0.29, 0.717) is 6.54 Å². The first-order valence-corrected chi connectivity index (χ1v) is 5.85. The normalized spacial score (nSPS) is 15.7. The molecule has 0 fully saturated rings. The molecule has 0 saturated carbocycles. The molecule has 0 saturated heterocycles. The molecule has 0 atom stereocenters. The predicted molar refractivity (Wildman–Crippen MR) is 63.5 cm³/mol. The minimum atomic E-state index is -0.716. The predicted octanol–water partition coefficient (Wildman–Crippen LogP) is 1.54. The van der Waals surface area contributed by atoms with Crippen molar-refractivity contribution in [1.82, 2.24) is 9.97 Å². The lowest BCUT2D eigenvalue weighted by Crippen LogP contribution is -2.30. The second-order valence-corrected chi connectivity index (χ2v) is 5.02. The molecule has 0 spiro atoms. The fourth-order valence-electron chi connectivity index (χ4n) is 1.97. The zero-order valence-electron chi connectivity index (χ0n) is 9.95. The quantitative estimate of drug-likeness (QED) is 0.813. The third kappa shape index (κ3) is 2.70. The Morgan fingerprint density at radius 1 is 1.31 bits per heavy atom. The molecule has 4 heteroatoms. The van der Waals surface area contributed by atoms with Crippen LogP contribution < -0.4 is 5.32 Å². The minimum absolute atomic E-state index is 0.510. The first-order chi connectivity index (χ1) is 7.56. The molecule has 0 bridgehead atoms. The van der Waals surface area contributed by atoms with E-state index >= 15 is 0 Å². The highest BCUT2D eigenvalue weighted by atomic mass is 16.3. The summed E-state index contributed by atoms with van der Waals surface area (Å²) in [5.41, 5.74) is 1.68. The molecule has 1 aromatic rings. The molecule has 1 aliphatic rings. The number of fused-ring (bicyclic) bond motifs is 1. The zero-order valence-corrected chi connectivity index (χ0v) is 9.95. The average molecular weight is 221 g/mol. The third-order valence-corrected chi connectivity index (χ3v) is 2.81. The summed E-state index contributed by atoms with van der Waals surface area (Å²) in [4.78, 5) is 8.57. The van der Waals surface area contributed by atoms with Crippen molar-refractivity contribution in [2.45, 2.75) is 45.1 Å². The highest BCUT2D eigenvalue weighted by Gasteiger charge is 2.17. The minimum Gasteiger partial charge on any atom is -0.389 e. The molecule has 1 aromatic heterocycles. The summed E-state index contributed by atoms with van der Waals surface area (Å²) in [5.74, 6) is 0.895. The fourth-order valence-corrected chi connectivity index (χ4v) is 1.97. The Labute approximate surface area is 96.1 Å². The Kier molecular flexibility index (Phi) is 3.10. The van der Waals surface area contributed by atoms with Gasteiger partial charge >= 0.3 is 0 Å². The molecule has 1 heterocycles. The van der Waals surface area contributed by atoms with Crippen LogP contribution in [0.4, 0.5) is 5.82 Å². The molecule has 16 heavy (non-hydrogen) atoms. The molecule has 4 nitrogen and oxygen atoms in total. The van der Waals surface area contributed by atoms with E-state index < -0.39 is 5.60 Å². The van der Waals surface area contributed by atoms with Crippen LogP contribution in [-0.4, -0.2) is 27.2 Å². The monoisotopic (exact) mass is 221 g/mol. The number of hydrogen-bond acceptors (Lipinski definition) is 4. The largest absolute Gasteiger partial charge is 0.389 e. The van der Waals surface area contributed by atoms with Gasteiger partial charge in [0.2, 0.25) is 0 Å². The van der Waals surface area contributed by atoms with E-state index in [0.717, 1.165) is 18.7 Å². The van der Waals surface area contributed by atoms with Gasteiger partial charge in [-0.15, -0.1) is 0 Å². The molecule has 0 aromatic carbocycles. The molecular weight excluding hydrogens is 202 g/mol. The van der Waals surface area contributed by atoms with E-state index in [1.165, 1.54) is 24.1 Å². The van der Waals surface area contributed by atoms with Gasteiger partial charge in [-0.2, -0.15) is 0 Å². The maximum Gasteiger partial charge on any atom is 0.132 e. The Morgan fingerprint density at radius 2 is 2.06 bits per heavy atom. The number of nitrogens with zero attached hydrogens (tertiary/aromatic N) is 2. The first kappa shape index (κ1) is 11.3. The summed E-state index contributed by atoms with van der Waals surface area (Å²) in [6.07, 6.45) is 6.13. The lowest BCUT2D eigenvalue weighted by molar-refractivity contribution is 0.0944. The van der Waals surface area contributed by atoms with E-state index in [-0.39, 0.29) is 0 Å². The van der Waals surface area contributed by atoms with Gasteiger partial charge in [0.15, 0.2) is 0 Å². The van der Waals surface area contributed by atoms with E-state index in [4.69, 9.17) is 0 Å². The van der Waals surface area contributed by atoms with Crippen molar-refractivity contribution in [1.29, 1.82) is 0 Å². The van der Waals surface area contributed by atoms with E-state index in [1.54, 1.807) is 20.2 Å². The van der Waals surface area contributed by atoms with Crippen molar-refractivity contribution < 1.29 is 5.11 Å². The maximum absolute atomic E-state index is 9.68. The Balaban J connectivity index is 2.15. The van der Waals surface area contributed by atoms with Crippen LogP contribution in [0.1, 0.15) is 37.9 Å². The molecule has 0 radical (unpaired) electrons. The lowest BCUT2D eigenvalue weighted by atomic mass is 9.96. The van der Waals surface area contributed by atoms with E-state index in [2.05, 4.69) is 15.3 Å². The van der Waals surface area contributed by atoms with Crippen molar-refractivity contribution in [2.24, 2.45) is 0 Å². The number of nitrogens with one attached hydrogen (secondary N) is 1. The van der Waals surface area contributed by atoms with Gasteiger partial charge in [0.1, 0.15) is 12.1 Å². The van der Waals surface area contributed by atoms with Crippen LogP contribution in [0.3, 0.4) is 0 Å². The number of rotatable bonds is 3. The highest BCUT2D eigenvalue weighted by Crippen LogP contribution is 2.24. The maximum atomic E-state index is 9.68. The molecule has 0 amide bonds. The van der Waals surface area contributed by atoms with Crippen LogP contribution >= 0.6 is 0 Å². The van der Waals surface area contributed by atoms with Gasteiger partial charge in [-0.1, -0.05) is 0 Å². The summed E-state index contributed by atoms with van der Waals surface area (Å²) in [6, 6.07) is 0. The molecule has 88 valence electrons. The van der Waals surface area contributed by atoms with Crippen molar-refractivity contribution in [3.63, 3.8) is 0 Å². The SMILES string of the molecule is CC(C)(O)CNc1ncnc2c1CCCC2. The highest BCUT2D eigenvalue weighted by molar-refractivity contribution is 5.47. The summed E-state index contributed by atoms with van der Waals surface area (Å²) in [7, 11) is 0. The standard InChI is InChI=1S/C12H19N3O/c1-12(2,16)7-13-11-9-5-3-4-6-10(9)14-8-15-11/h8,16H,3-7H2,1-2H3,(H,13,14,15). The Hall–Kier alpha value is -1.16. The van der Waals surface area contributed by atoms with Crippen LogP contribution in [0.15, 0.2) is 6.33 Å². The lowest BCUT2D eigenvalue weighted by Gasteiger charge is -2.22. The molecular formula is C12H19N3O. The molecule has 0 aliphatic heterocycles. The molecule has 0 unspecified atom stereocenters. The van der Waals surface area contributed by atoms with Crippen molar-refractivity contribution in [2.75, 3.05) is 11.9 Å². The van der Waals surface area contributed by atoms with Gasteiger partial charge < -0.3 is 10.4 Å². The van der Waals surface area contributed by atoms with Crippen molar-refractivity contribution >= 4 is 5.82 Å². The van der Waals surface area contributed by atoms with Gasteiger partial charge in [0.25, 0.3) is 0 Å². The van der Waals surface area contributed by atoms with Gasteiger partial charge in [0.05, 0.1) is 5.60 Å². The molecule has 2 N–H and O–H groups in total. The molecule has 2 rings (SSSR count). The van der Waals surface area contributed by atoms with Gasteiger partial charge in [0, 0.05) is 17.8 Å². The summed E-state index contributed by atoms with van der Waals surface area (Å²) < 4.78 is 0. The fraction of sp³-hybridized carbons (Fsp3) is 0.667. The van der Waals surface area contributed by atoms with Crippen LogP contribution in [0.25, 0.3) is 0 Å². The van der Waals surface area contributed by atoms with E-state index in [9.17, 15) is 5.11 Å². The van der Waals surface area contributed by atoms with Gasteiger partial charge in [-0.3, -0.25) is 0 Å². The third-order valence-electron chi connectivity index (χ3n) is 2.81. The van der Waals surface area contributed by atoms with Gasteiger partial charge in [-0.25, -0.2) is 9.97 Å². The van der Waals surface area contributed by atoms with Crippen LogP contribution in [0, 0.1) is 0 Å². The van der Waals surface area contributed by atoms with E-state index in [1.807, 2.05) is 0 Å². The first-order valence-electron chi connectivity index (χ1n) is 5.85. The van der Waals surface area contributed by atoms with Crippen LogP contribution in [-0.2, 0) is 12.8 Å². The van der Waals surface area contributed by atoms with Crippen molar-refractivity contribution in [3.05, 3.63) is 17.6 Å². The number of anilines is 1. The van der Waals surface area contributed by atoms with Crippen LogP contribution in [0.2, 0.25) is 0 Å². The zero-order chi connectivity index (χ0) is 11.6. The topological polar surface area (TPSA) is 58.0 Å². The summed E-state index contributed by atoms with van der Waals surface area (Å²) in [6.45, 7) is 4.08. The Morgan fingerprint density at radius 3 is 2.81 bits per heavy atom. The Bertz CT molecular complexity index is 371. The number of aromatic nitrogens is 2. The second kappa shape index (κ2) is 4.37. The van der Waals surface area contributed by atoms with Crippen molar-refractivity contribution in [3.8, 4) is 0 Å². The van der Waals surface area contributed by atoms with Gasteiger partial charge in [-0.05, 0) is 39.5 Å². The summed E-state index contributed by atoms with van der Waals surface area (Å²) >= 11 is 0. The number of aryl methyl sites for hydroxylation is 1. The number of aliphatic hydroxyl groups is 1. The second-order valence-electron chi connectivity index (χ2n) is 5.02. The smallest absolute Gasteiger partial charge is 0.132 e. The van der Waals surface area contributed by atoms with Crippen LogP contribution in [0.5, 0.6) is 0 Å². The number of hydrogen-bond donors (Lipinski definition) is 2. The average Bonchev–Trinajstić information content (AvgIpc) is 2.25. The molecule has 1 aliphatic carbocycles.